The van der Waals surface area contributed by atoms with Crippen LogP contribution in [-0.2, 0) is 5.41 Å². The minimum Gasteiger partial charge on any atom is -0.292 e. The van der Waals surface area contributed by atoms with Gasteiger partial charge in [0, 0.05) is 35.0 Å². The Kier molecular flexibility index (Phi) is 3.86. The highest BCUT2D eigenvalue weighted by atomic mass is 15.1. The highest BCUT2D eigenvalue weighted by Crippen LogP contribution is 2.50. The van der Waals surface area contributed by atoms with Gasteiger partial charge in [0.25, 0.3) is 0 Å². The second kappa shape index (κ2) is 6.84. The van der Waals surface area contributed by atoms with Gasteiger partial charge in [-0.3, -0.25) is 14.5 Å². The predicted octanol–water partition coefficient (Wildman–Crippen LogP) is 6.94. The summed E-state index contributed by atoms with van der Waals surface area (Å²) in [6, 6.07) is 27.7. The summed E-state index contributed by atoms with van der Waals surface area (Å²) in [5, 5.41) is 1.16. The van der Waals surface area contributed by atoms with E-state index in [0.29, 0.717) is 0 Å². The van der Waals surface area contributed by atoms with Gasteiger partial charge in [-0.25, -0.2) is 4.98 Å². The normalized spacial score (nSPS) is 13.8. The third-order valence-electron chi connectivity index (χ3n) is 7.16. The second-order valence-corrected chi connectivity index (χ2v) is 9.41. The number of benzene rings is 2. The van der Waals surface area contributed by atoms with Gasteiger partial charge in [-0.05, 0) is 70.8 Å². The van der Waals surface area contributed by atoms with Crippen molar-refractivity contribution in [1.82, 2.24) is 19.5 Å². The summed E-state index contributed by atoms with van der Waals surface area (Å²) in [6.45, 7) is 4.63. The first kappa shape index (κ1) is 19.2. The van der Waals surface area contributed by atoms with Crippen molar-refractivity contribution < 1.29 is 0 Å². The zero-order valence-electron chi connectivity index (χ0n) is 19.0. The largest absolute Gasteiger partial charge is 0.292 e. The molecular weight excluding hydrogens is 416 g/mol. The van der Waals surface area contributed by atoms with Crippen molar-refractivity contribution in [3.05, 3.63) is 109 Å². The van der Waals surface area contributed by atoms with Gasteiger partial charge in [0.2, 0.25) is 0 Å². The van der Waals surface area contributed by atoms with Gasteiger partial charge in [-0.15, -0.1) is 0 Å². The summed E-state index contributed by atoms with van der Waals surface area (Å²) < 4.78 is 2.25. The van der Waals surface area contributed by atoms with E-state index in [9.17, 15) is 0 Å². The topological polar surface area (TPSA) is 43.6 Å². The molecule has 0 unspecified atom stereocenters. The molecule has 162 valence electrons. The molecule has 1 aliphatic rings. The number of rotatable bonds is 2. The summed E-state index contributed by atoms with van der Waals surface area (Å²) in [5.41, 5.74) is 10.4. The molecule has 34 heavy (non-hydrogen) atoms. The fraction of sp³-hybridized carbons (Fsp3) is 0.100. The maximum Gasteiger partial charge on any atom is 0.138 e. The Morgan fingerprint density at radius 3 is 2.44 bits per heavy atom. The first-order valence-corrected chi connectivity index (χ1v) is 11.5. The average molecular weight is 439 g/mol. The van der Waals surface area contributed by atoms with Crippen LogP contribution in [0.25, 0.3) is 50.1 Å². The molecule has 6 aromatic rings. The number of fused-ring (bicyclic) bond motifs is 6. The van der Waals surface area contributed by atoms with Gasteiger partial charge in [0.05, 0.1) is 22.2 Å². The third kappa shape index (κ3) is 2.57. The van der Waals surface area contributed by atoms with Gasteiger partial charge < -0.3 is 0 Å². The predicted molar refractivity (Wildman–Crippen MR) is 137 cm³/mol. The molecule has 2 aromatic carbocycles. The number of pyridine rings is 3. The number of hydrogen-bond donors (Lipinski definition) is 0. The molecule has 0 amide bonds. The van der Waals surface area contributed by atoms with E-state index in [1.54, 1.807) is 12.4 Å². The monoisotopic (exact) mass is 438 g/mol. The summed E-state index contributed by atoms with van der Waals surface area (Å²) in [7, 11) is 0. The molecule has 4 heteroatoms. The van der Waals surface area contributed by atoms with Crippen molar-refractivity contribution in [3.63, 3.8) is 0 Å². The van der Waals surface area contributed by atoms with Crippen LogP contribution in [0.1, 0.15) is 25.0 Å². The molecule has 0 atom stereocenters. The van der Waals surface area contributed by atoms with Crippen molar-refractivity contribution in [2.45, 2.75) is 19.3 Å². The van der Waals surface area contributed by atoms with Crippen LogP contribution in [0.4, 0.5) is 0 Å². The van der Waals surface area contributed by atoms with Crippen molar-refractivity contribution in [2.24, 2.45) is 0 Å². The Balaban J connectivity index is 1.56. The summed E-state index contributed by atoms with van der Waals surface area (Å²) >= 11 is 0. The molecule has 0 saturated carbocycles. The van der Waals surface area contributed by atoms with Crippen LogP contribution in [0.15, 0.2) is 97.5 Å². The molecule has 0 saturated heterocycles. The Hall–Kier alpha value is -4.31. The molecular formula is C30H22N4. The van der Waals surface area contributed by atoms with Gasteiger partial charge in [0.15, 0.2) is 0 Å². The molecule has 0 N–H and O–H groups in total. The lowest BCUT2D eigenvalue weighted by atomic mass is 9.82. The molecule has 1 aliphatic carbocycles. The maximum absolute atomic E-state index is 5.06. The molecule has 0 spiro atoms. The van der Waals surface area contributed by atoms with Crippen molar-refractivity contribution >= 4 is 21.9 Å². The Labute approximate surface area is 197 Å². The Morgan fingerprint density at radius 1 is 0.706 bits per heavy atom. The average Bonchev–Trinajstić information content (AvgIpc) is 3.33. The molecule has 4 nitrogen and oxygen atoms in total. The fourth-order valence-corrected chi connectivity index (χ4v) is 5.50. The zero-order valence-corrected chi connectivity index (χ0v) is 19.0. The number of nitrogens with zero attached hydrogens (tertiary/aromatic N) is 4. The Bertz CT molecular complexity index is 1730. The van der Waals surface area contributed by atoms with E-state index in [4.69, 9.17) is 9.97 Å². The van der Waals surface area contributed by atoms with Crippen LogP contribution in [0.3, 0.4) is 0 Å². The lowest BCUT2D eigenvalue weighted by molar-refractivity contribution is 0.661. The van der Waals surface area contributed by atoms with E-state index in [2.05, 4.69) is 78.0 Å². The lowest BCUT2D eigenvalue weighted by Crippen LogP contribution is -2.14. The summed E-state index contributed by atoms with van der Waals surface area (Å²) in [4.78, 5) is 14.0. The van der Waals surface area contributed by atoms with Crippen molar-refractivity contribution in [2.75, 3.05) is 0 Å². The number of hydrogen-bond acceptors (Lipinski definition) is 3. The molecule has 7 rings (SSSR count). The van der Waals surface area contributed by atoms with E-state index < -0.39 is 0 Å². The quantitative estimate of drug-likeness (QED) is 0.294. The smallest absolute Gasteiger partial charge is 0.138 e. The Morgan fingerprint density at radius 2 is 1.56 bits per heavy atom. The van der Waals surface area contributed by atoms with Gasteiger partial charge in [0.1, 0.15) is 5.82 Å². The highest BCUT2D eigenvalue weighted by Gasteiger charge is 2.36. The highest BCUT2D eigenvalue weighted by molar-refractivity contribution is 6.09. The molecule has 4 heterocycles. The van der Waals surface area contributed by atoms with Crippen molar-refractivity contribution in [3.8, 4) is 28.2 Å². The van der Waals surface area contributed by atoms with E-state index in [0.717, 1.165) is 39.0 Å². The number of aromatic nitrogens is 4. The molecule has 0 radical (unpaired) electrons. The van der Waals surface area contributed by atoms with Crippen LogP contribution < -0.4 is 0 Å². The molecule has 0 aliphatic heterocycles. The molecule has 4 aromatic heterocycles. The minimum absolute atomic E-state index is 0.0527. The van der Waals surface area contributed by atoms with Crippen molar-refractivity contribution in [1.29, 1.82) is 0 Å². The standard InChI is InChI=1S/C30H22N4/c1-30(2)23-8-4-3-7-20(23)21-18-27-22(17-24(21)30)29-26(10-6-14-32-29)34(27)28-11-5-9-25(33-28)19-12-15-31-16-13-19/h3-18H,1-2H3. The van der Waals surface area contributed by atoms with Gasteiger partial charge in [-0.1, -0.05) is 44.2 Å². The first-order chi connectivity index (χ1) is 16.6. The fourth-order valence-electron chi connectivity index (χ4n) is 5.50. The first-order valence-electron chi connectivity index (χ1n) is 11.5. The van der Waals surface area contributed by atoms with Crippen LogP contribution in [-0.4, -0.2) is 19.5 Å². The maximum atomic E-state index is 5.06. The lowest BCUT2D eigenvalue weighted by Gasteiger charge is -2.21. The van der Waals surface area contributed by atoms with E-state index in [1.165, 1.54) is 22.3 Å². The second-order valence-electron chi connectivity index (χ2n) is 9.41. The summed E-state index contributed by atoms with van der Waals surface area (Å²) in [5.74, 6) is 0.882. The van der Waals surface area contributed by atoms with Crippen LogP contribution in [0.2, 0.25) is 0 Å². The minimum atomic E-state index is -0.0527. The van der Waals surface area contributed by atoms with Crippen LogP contribution in [0, 0.1) is 0 Å². The van der Waals surface area contributed by atoms with Gasteiger partial charge >= 0.3 is 0 Å². The van der Waals surface area contributed by atoms with Gasteiger partial charge in [-0.2, -0.15) is 0 Å². The van der Waals surface area contributed by atoms with E-state index in [-0.39, 0.29) is 5.41 Å². The molecule has 0 fully saturated rings. The molecule has 0 bridgehead atoms. The van der Waals surface area contributed by atoms with E-state index in [1.807, 2.05) is 30.5 Å². The third-order valence-corrected chi connectivity index (χ3v) is 7.16. The van der Waals surface area contributed by atoms with Crippen LogP contribution >= 0.6 is 0 Å². The summed E-state index contributed by atoms with van der Waals surface area (Å²) in [6.07, 6.45) is 5.48. The zero-order chi connectivity index (χ0) is 22.9. The van der Waals surface area contributed by atoms with Crippen LogP contribution in [0.5, 0.6) is 0 Å². The van der Waals surface area contributed by atoms with E-state index >= 15 is 0 Å². The SMILES string of the molecule is CC1(C)c2ccccc2-c2cc3c(cc21)c1ncccc1n3-c1cccc(-c2ccncc2)n1.